The fraction of sp³-hybridized carbons (Fsp3) is 0.368. The van der Waals surface area contributed by atoms with Crippen molar-refractivity contribution in [3.05, 3.63) is 69.3 Å². The van der Waals surface area contributed by atoms with E-state index >= 15 is 0 Å². The Labute approximate surface area is 122 Å². The molecule has 2 N–H and O–H groups in total. The molecule has 0 aliphatic rings. The van der Waals surface area contributed by atoms with E-state index in [-0.39, 0.29) is 6.04 Å². The van der Waals surface area contributed by atoms with Crippen molar-refractivity contribution in [2.75, 3.05) is 0 Å². The Kier molecular flexibility index (Phi) is 4.29. The third kappa shape index (κ3) is 3.29. The summed E-state index contributed by atoms with van der Waals surface area (Å²) in [4.78, 5) is 0. The second kappa shape index (κ2) is 5.80. The molecule has 2 aromatic rings. The number of benzene rings is 2. The lowest BCUT2D eigenvalue weighted by Crippen LogP contribution is -2.15. The van der Waals surface area contributed by atoms with Gasteiger partial charge in [0.1, 0.15) is 0 Å². The molecule has 0 spiro atoms. The van der Waals surface area contributed by atoms with Crippen LogP contribution in [-0.4, -0.2) is 0 Å². The van der Waals surface area contributed by atoms with Gasteiger partial charge in [-0.05, 0) is 68.9 Å². The van der Waals surface area contributed by atoms with Crippen molar-refractivity contribution in [1.82, 2.24) is 0 Å². The molecule has 0 saturated carbocycles. The second-order valence-corrected chi connectivity index (χ2v) is 6.10. The summed E-state index contributed by atoms with van der Waals surface area (Å²) in [6.07, 6.45) is 0.895. The lowest BCUT2D eigenvalue weighted by Gasteiger charge is -2.17. The highest BCUT2D eigenvalue weighted by molar-refractivity contribution is 5.39. The van der Waals surface area contributed by atoms with E-state index in [1.807, 2.05) is 0 Å². The summed E-state index contributed by atoms with van der Waals surface area (Å²) in [6.45, 7) is 10.7. The van der Waals surface area contributed by atoms with Crippen molar-refractivity contribution in [1.29, 1.82) is 0 Å². The lowest BCUT2D eigenvalue weighted by molar-refractivity contribution is 0.714. The largest absolute Gasteiger partial charge is 0.324 e. The Bertz CT molecular complexity index is 606. The molecule has 20 heavy (non-hydrogen) atoms. The summed E-state index contributed by atoms with van der Waals surface area (Å²) >= 11 is 0. The number of hydrogen-bond donors (Lipinski definition) is 1. The SMILES string of the molecule is Cc1cc(C)cc(CC(N)c2cc(C)c(C)cc2C)c1. The van der Waals surface area contributed by atoms with Crippen LogP contribution in [0.2, 0.25) is 0 Å². The highest BCUT2D eigenvalue weighted by Gasteiger charge is 2.11. The maximum absolute atomic E-state index is 6.45. The standard InChI is InChI=1S/C19H25N/c1-12-6-13(2)8-17(7-12)11-19(20)18-10-15(4)14(3)9-16(18)5/h6-10,19H,11,20H2,1-5H3. The van der Waals surface area contributed by atoms with Crippen LogP contribution in [0.1, 0.15) is 45.0 Å². The predicted molar refractivity (Wildman–Crippen MR) is 87.2 cm³/mol. The molecule has 0 aromatic heterocycles. The van der Waals surface area contributed by atoms with Gasteiger partial charge in [-0.15, -0.1) is 0 Å². The van der Waals surface area contributed by atoms with E-state index in [1.165, 1.54) is 38.9 Å². The first-order valence-electron chi connectivity index (χ1n) is 7.27. The van der Waals surface area contributed by atoms with Gasteiger partial charge >= 0.3 is 0 Å². The van der Waals surface area contributed by atoms with E-state index in [0.29, 0.717) is 0 Å². The first kappa shape index (κ1) is 14.8. The summed E-state index contributed by atoms with van der Waals surface area (Å²) in [5.41, 5.74) is 15.6. The predicted octanol–water partition coefficient (Wildman–Crippen LogP) is 4.47. The number of hydrogen-bond acceptors (Lipinski definition) is 1. The average Bonchev–Trinajstić information content (AvgIpc) is 2.32. The fourth-order valence-electron chi connectivity index (χ4n) is 2.93. The zero-order valence-electron chi connectivity index (χ0n) is 13.2. The van der Waals surface area contributed by atoms with E-state index in [9.17, 15) is 0 Å². The molecule has 1 unspecified atom stereocenters. The molecule has 0 aliphatic carbocycles. The maximum atomic E-state index is 6.45. The molecule has 1 heteroatoms. The average molecular weight is 267 g/mol. The van der Waals surface area contributed by atoms with Gasteiger partial charge in [-0.25, -0.2) is 0 Å². The number of aryl methyl sites for hydroxylation is 5. The minimum Gasteiger partial charge on any atom is -0.324 e. The van der Waals surface area contributed by atoms with E-state index in [4.69, 9.17) is 5.73 Å². The summed E-state index contributed by atoms with van der Waals surface area (Å²) in [5.74, 6) is 0. The van der Waals surface area contributed by atoms with Gasteiger partial charge in [-0.1, -0.05) is 41.5 Å². The van der Waals surface area contributed by atoms with E-state index in [1.54, 1.807) is 0 Å². The van der Waals surface area contributed by atoms with Crippen LogP contribution in [0.3, 0.4) is 0 Å². The number of nitrogens with two attached hydrogens (primary N) is 1. The highest BCUT2D eigenvalue weighted by Crippen LogP contribution is 2.24. The fourth-order valence-corrected chi connectivity index (χ4v) is 2.93. The molecule has 0 saturated heterocycles. The van der Waals surface area contributed by atoms with Gasteiger partial charge in [-0.2, -0.15) is 0 Å². The van der Waals surface area contributed by atoms with Crippen molar-refractivity contribution in [2.24, 2.45) is 5.73 Å². The van der Waals surface area contributed by atoms with Crippen molar-refractivity contribution in [3.8, 4) is 0 Å². The van der Waals surface area contributed by atoms with Gasteiger partial charge in [0.2, 0.25) is 0 Å². The molecule has 0 heterocycles. The zero-order valence-corrected chi connectivity index (χ0v) is 13.2. The molecule has 1 nitrogen and oxygen atoms in total. The Morgan fingerprint density at radius 1 is 0.750 bits per heavy atom. The molecule has 2 aromatic carbocycles. The smallest absolute Gasteiger partial charge is 0.0338 e. The number of rotatable bonds is 3. The Morgan fingerprint density at radius 2 is 1.30 bits per heavy atom. The first-order valence-corrected chi connectivity index (χ1v) is 7.27. The monoisotopic (exact) mass is 267 g/mol. The van der Waals surface area contributed by atoms with Crippen molar-refractivity contribution >= 4 is 0 Å². The minimum absolute atomic E-state index is 0.0653. The molecule has 0 aliphatic heterocycles. The van der Waals surface area contributed by atoms with E-state index in [0.717, 1.165) is 6.42 Å². The molecule has 0 radical (unpaired) electrons. The maximum Gasteiger partial charge on any atom is 0.0338 e. The Morgan fingerprint density at radius 3 is 1.90 bits per heavy atom. The normalized spacial score (nSPS) is 12.5. The molecule has 2 rings (SSSR count). The summed E-state index contributed by atoms with van der Waals surface area (Å²) in [7, 11) is 0. The van der Waals surface area contributed by atoms with Crippen LogP contribution >= 0.6 is 0 Å². The first-order chi connectivity index (χ1) is 9.36. The van der Waals surface area contributed by atoms with Crippen LogP contribution in [0.4, 0.5) is 0 Å². The van der Waals surface area contributed by atoms with Crippen LogP contribution in [0.5, 0.6) is 0 Å². The van der Waals surface area contributed by atoms with Crippen molar-refractivity contribution in [2.45, 2.75) is 47.1 Å². The highest BCUT2D eigenvalue weighted by atomic mass is 14.6. The Balaban J connectivity index is 2.28. The van der Waals surface area contributed by atoms with Crippen LogP contribution < -0.4 is 5.73 Å². The zero-order chi connectivity index (χ0) is 14.9. The van der Waals surface area contributed by atoms with Crippen LogP contribution in [0.15, 0.2) is 30.3 Å². The van der Waals surface area contributed by atoms with Crippen LogP contribution in [0, 0.1) is 34.6 Å². The molecule has 0 bridgehead atoms. The van der Waals surface area contributed by atoms with Gasteiger partial charge in [0.25, 0.3) is 0 Å². The molecular weight excluding hydrogens is 242 g/mol. The van der Waals surface area contributed by atoms with E-state index in [2.05, 4.69) is 65.0 Å². The van der Waals surface area contributed by atoms with Gasteiger partial charge in [-0.3, -0.25) is 0 Å². The van der Waals surface area contributed by atoms with Gasteiger partial charge in [0, 0.05) is 6.04 Å². The molecular formula is C19H25N. The second-order valence-electron chi connectivity index (χ2n) is 6.10. The van der Waals surface area contributed by atoms with Gasteiger partial charge in [0.05, 0.1) is 0 Å². The third-order valence-corrected chi connectivity index (χ3v) is 4.02. The summed E-state index contributed by atoms with van der Waals surface area (Å²) in [5, 5.41) is 0. The summed E-state index contributed by atoms with van der Waals surface area (Å²) in [6, 6.07) is 11.2. The third-order valence-electron chi connectivity index (χ3n) is 4.02. The lowest BCUT2D eigenvalue weighted by atomic mass is 9.92. The quantitative estimate of drug-likeness (QED) is 0.872. The van der Waals surface area contributed by atoms with Crippen molar-refractivity contribution < 1.29 is 0 Å². The molecule has 1 atom stereocenters. The van der Waals surface area contributed by atoms with Gasteiger partial charge in [0.15, 0.2) is 0 Å². The topological polar surface area (TPSA) is 26.0 Å². The van der Waals surface area contributed by atoms with Gasteiger partial charge < -0.3 is 5.73 Å². The molecule has 0 amide bonds. The minimum atomic E-state index is 0.0653. The Hall–Kier alpha value is -1.60. The van der Waals surface area contributed by atoms with Crippen LogP contribution in [-0.2, 0) is 6.42 Å². The summed E-state index contributed by atoms with van der Waals surface area (Å²) < 4.78 is 0. The molecule has 106 valence electrons. The van der Waals surface area contributed by atoms with E-state index < -0.39 is 0 Å². The molecule has 0 fully saturated rings. The van der Waals surface area contributed by atoms with Crippen LogP contribution in [0.25, 0.3) is 0 Å². The van der Waals surface area contributed by atoms with Crippen molar-refractivity contribution in [3.63, 3.8) is 0 Å².